The number of ketones is 1. The van der Waals surface area contributed by atoms with Crippen molar-refractivity contribution in [3.63, 3.8) is 0 Å². The number of carbonyl (C=O) groups is 1. The number of aryl methyl sites for hydroxylation is 1. The smallest absolute Gasteiger partial charge is 0.164 e. The molecule has 0 spiro atoms. The molecule has 1 saturated carbocycles. The van der Waals surface area contributed by atoms with E-state index >= 15 is 0 Å². The average Bonchev–Trinajstić information content (AvgIpc) is 2.77. The van der Waals surface area contributed by atoms with Crippen LogP contribution in [0.3, 0.4) is 0 Å². The first-order valence-corrected chi connectivity index (χ1v) is 4.72. The lowest BCUT2D eigenvalue weighted by Gasteiger charge is -2.00. The highest BCUT2D eigenvalue weighted by Gasteiger charge is 2.32. The lowest BCUT2D eigenvalue weighted by Crippen LogP contribution is -2.01. The van der Waals surface area contributed by atoms with Crippen molar-refractivity contribution in [1.82, 2.24) is 9.78 Å². The van der Waals surface area contributed by atoms with Crippen LogP contribution in [0.25, 0.3) is 0 Å². The molecule has 0 radical (unpaired) electrons. The Balaban J connectivity index is 2.56. The summed E-state index contributed by atoms with van der Waals surface area (Å²) in [6, 6.07) is 0. The summed E-state index contributed by atoms with van der Waals surface area (Å²) in [4.78, 5) is 11.3. The first kappa shape index (κ1) is 8.75. The number of rotatable bonds is 2. The lowest BCUT2D eigenvalue weighted by atomic mass is 10.1. The zero-order valence-corrected chi connectivity index (χ0v) is 8.43. The lowest BCUT2D eigenvalue weighted by molar-refractivity contribution is 0.101. The van der Waals surface area contributed by atoms with Crippen molar-refractivity contribution in [3.05, 3.63) is 16.4 Å². The molecule has 1 aromatic heterocycles. The number of carbonyl (C=O) groups excluding carboxylic acids is 1. The number of nitrogens with zero attached hydrogens (tertiary/aromatic N) is 2. The third kappa shape index (κ3) is 1.37. The molecule has 0 bridgehead atoms. The summed E-state index contributed by atoms with van der Waals surface area (Å²) >= 11 is 5.86. The van der Waals surface area contributed by atoms with E-state index in [1.807, 2.05) is 7.05 Å². The van der Waals surface area contributed by atoms with Crippen LogP contribution in [0.15, 0.2) is 0 Å². The van der Waals surface area contributed by atoms with Crippen LogP contribution in [-0.2, 0) is 7.05 Å². The van der Waals surface area contributed by atoms with Gasteiger partial charge in [0.25, 0.3) is 0 Å². The maximum absolute atomic E-state index is 11.3. The summed E-state index contributed by atoms with van der Waals surface area (Å²) in [5, 5.41) is 4.40. The summed E-state index contributed by atoms with van der Waals surface area (Å²) in [5.74, 6) is 0.518. The van der Waals surface area contributed by atoms with Crippen LogP contribution >= 0.6 is 11.6 Å². The van der Waals surface area contributed by atoms with Gasteiger partial charge in [0.15, 0.2) is 10.9 Å². The van der Waals surface area contributed by atoms with E-state index in [1.54, 1.807) is 4.68 Å². The molecule has 0 atom stereocenters. The van der Waals surface area contributed by atoms with Gasteiger partial charge in [0.1, 0.15) is 0 Å². The molecule has 1 aromatic rings. The molecule has 0 saturated heterocycles. The topological polar surface area (TPSA) is 34.9 Å². The quantitative estimate of drug-likeness (QED) is 0.683. The summed E-state index contributed by atoms with van der Waals surface area (Å²) in [6.45, 7) is 1.54. The molecule has 70 valence electrons. The largest absolute Gasteiger partial charge is 0.294 e. The van der Waals surface area contributed by atoms with E-state index in [9.17, 15) is 4.79 Å². The molecule has 13 heavy (non-hydrogen) atoms. The monoisotopic (exact) mass is 198 g/mol. The highest BCUT2D eigenvalue weighted by Crippen LogP contribution is 2.42. The van der Waals surface area contributed by atoms with Crippen LogP contribution in [-0.4, -0.2) is 15.6 Å². The summed E-state index contributed by atoms with van der Waals surface area (Å²) in [5.41, 5.74) is 1.63. The van der Waals surface area contributed by atoms with Crippen LogP contribution < -0.4 is 0 Å². The van der Waals surface area contributed by atoms with Crippen LogP contribution in [0.2, 0.25) is 5.15 Å². The van der Waals surface area contributed by atoms with Gasteiger partial charge in [-0.05, 0) is 19.8 Å². The molecule has 4 heteroatoms. The zero-order valence-electron chi connectivity index (χ0n) is 7.67. The third-order valence-corrected chi connectivity index (χ3v) is 2.63. The third-order valence-electron chi connectivity index (χ3n) is 2.36. The van der Waals surface area contributed by atoms with Gasteiger partial charge in [-0.2, -0.15) is 5.10 Å². The van der Waals surface area contributed by atoms with E-state index < -0.39 is 0 Å². The minimum absolute atomic E-state index is 0.0139. The summed E-state index contributed by atoms with van der Waals surface area (Å²) in [7, 11) is 1.84. The van der Waals surface area contributed by atoms with Gasteiger partial charge < -0.3 is 0 Å². The Morgan fingerprint density at radius 1 is 1.62 bits per heavy atom. The Hall–Kier alpha value is -0.830. The van der Waals surface area contributed by atoms with E-state index in [1.165, 1.54) is 6.92 Å². The standard InChI is InChI=1S/C9H11ClN2O/c1-5(13)7-8(6-3-4-6)12(2)11-9(7)10/h6H,3-4H2,1-2H3. The van der Waals surface area contributed by atoms with E-state index in [0.29, 0.717) is 16.6 Å². The molecule has 0 aromatic carbocycles. The minimum Gasteiger partial charge on any atom is -0.294 e. The molecule has 0 aliphatic heterocycles. The van der Waals surface area contributed by atoms with Crippen LogP contribution in [0.1, 0.15) is 41.7 Å². The predicted octanol–water partition coefficient (Wildman–Crippen LogP) is 2.15. The highest BCUT2D eigenvalue weighted by atomic mass is 35.5. The van der Waals surface area contributed by atoms with Crippen molar-refractivity contribution in [1.29, 1.82) is 0 Å². The molecule has 1 aliphatic rings. The SMILES string of the molecule is CC(=O)c1c(Cl)nn(C)c1C1CC1. The van der Waals surface area contributed by atoms with E-state index in [0.717, 1.165) is 18.5 Å². The van der Waals surface area contributed by atoms with Gasteiger partial charge in [0.05, 0.1) is 11.3 Å². The Bertz CT molecular complexity index is 366. The molecular formula is C9H11ClN2O. The number of hydrogen-bond donors (Lipinski definition) is 0. The fourth-order valence-electron chi connectivity index (χ4n) is 1.65. The van der Waals surface area contributed by atoms with Gasteiger partial charge >= 0.3 is 0 Å². The second-order valence-corrected chi connectivity index (χ2v) is 3.86. The van der Waals surface area contributed by atoms with Gasteiger partial charge in [-0.25, -0.2) is 0 Å². The molecule has 1 aliphatic carbocycles. The number of hydrogen-bond acceptors (Lipinski definition) is 2. The van der Waals surface area contributed by atoms with Crippen molar-refractivity contribution in [3.8, 4) is 0 Å². The first-order valence-electron chi connectivity index (χ1n) is 4.34. The van der Waals surface area contributed by atoms with E-state index in [2.05, 4.69) is 5.10 Å². The van der Waals surface area contributed by atoms with E-state index in [4.69, 9.17) is 11.6 Å². The van der Waals surface area contributed by atoms with Gasteiger partial charge in [0, 0.05) is 13.0 Å². The maximum Gasteiger partial charge on any atom is 0.164 e. The molecule has 2 rings (SSSR count). The zero-order chi connectivity index (χ0) is 9.59. The minimum atomic E-state index is 0.0139. The average molecular weight is 199 g/mol. The Morgan fingerprint density at radius 3 is 2.69 bits per heavy atom. The molecule has 1 heterocycles. The fraction of sp³-hybridized carbons (Fsp3) is 0.556. The summed E-state index contributed by atoms with van der Waals surface area (Å²) < 4.78 is 1.73. The molecule has 0 unspecified atom stereocenters. The van der Waals surface area contributed by atoms with Crippen molar-refractivity contribution in [2.24, 2.45) is 7.05 Å². The van der Waals surface area contributed by atoms with Crippen molar-refractivity contribution in [2.45, 2.75) is 25.7 Å². The van der Waals surface area contributed by atoms with Gasteiger partial charge in [-0.15, -0.1) is 0 Å². The molecule has 0 amide bonds. The Labute approximate surface area is 81.7 Å². The number of aromatic nitrogens is 2. The van der Waals surface area contributed by atoms with Crippen molar-refractivity contribution in [2.75, 3.05) is 0 Å². The van der Waals surface area contributed by atoms with Gasteiger partial charge in [-0.3, -0.25) is 9.48 Å². The van der Waals surface area contributed by atoms with E-state index in [-0.39, 0.29) is 5.78 Å². The molecule has 3 nitrogen and oxygen atoms in total. The van der Waals surface area contributed by atoms with Crippen LogP contribution in [0.5, 0.6) is 0 Å². The molecule has 1 fully saturated rings. The Morgan fingerprint density at radius 2 is 2.23 bits per heavy atom. The van der Waals surface area contributed by atoms with Gasteiger partial charge in [-0.1, -0.05) is 11.6 Å². The Kier molecular flexibility index (Phi) is 1.91. The first-order chi connectivity index (χ1) is 6.11. The second kappa shape index (κ2) is 2.84. The molecular weight excluding hydrogens is 188 g/mol. The summed E-state index contributed by atoms with van der Waals surface area (Å²) in [6.07, 6.45) is 2.30. The fourth-order valence-corrected chi connectivity index (χ4v) is 2.00. The van der Waals surface area contributed by atoms with Gasteiger partial charge in [0.2, 0.25) is 0 Å². The van der Waals surface area contributed by atoms with Crippen LogP contribution in [0, 0.1) is 0 Å². The normalized spacial score (nSPS) is 16.2. The van der Waals surface area contributed by atoms with Crippen molar-refractivity contribution < 1.29 is 4.79 Å². The van der Waals surface area contributed by atoms with Crippen molar-refractivity contribution >= 4 is 17.4 Å². The second-order valence-electron chi connectivity index (χ2n) is 3.51. The predicted molar refractivity (Wildman–Crippen MR) is 50.2 cm³/mol. The number of halogens is 1. The highest BCUT2D eigenvalue weighted by molar-refractivity contribution is 6.32. The maximum atomic E-state index is 11.3. The number of Topliss-reactive ketones (excluding diaryl/α,β-unsaturated/α-hetero) is 1. The molecule has 0 N–H and O–H groups in total. The van der Waals surface area contributed by atoms with Crippen LogP contribution in [0.4, 0.5) is 0 Å².